The smallest absolute Gasteiger partial charge is 1.00 e. The van der Waals surface area contributed by atoms with Crippen LogP contribution < -0.4 is 43.6 Å². The van der Waals surface area contributed by atoms with E-state index in [9.17, 15) is 0 Å². The third kappa shape index (κ3) is 5.24. The predicted octanol–water partition coefficient (Wildman–Crippen LogP) is -3.75. The second-order valence-corrected chi connectivity index (χ2v) is 2.85. The number of halogens is 2. The van der Waals surface area contributed by atoms with Gasteiger partial charge < -0.3 is 43.6 Å². The Morgan fingerprint density at radius 1 is 1.25 bits per heavy atom. The summed E-state index contributed by atoms with van der Waals surface area (Å²) in [5.41, 5.74) is 1.35. The van der Waals surface area contributed by atoms with E-state index in [0.29, 0.717) is 11.4 Å². The van der Waals surface area contributed by atoms with Gasteiger partial charge in [0.25, 0.3) is 0 Å². The zero-order valence-electron chi connectivity index (χ0n) is 9.44. The van der Waals surface area contributed by atoms with E-state index >= 15 is 0 Å². The van der Waals surface area contributed by atoms with Crippen LogP contribution in [0.2, 0.25) is 0 Å². The average molecular weight is 403 g/mol. The molecule has 0 amide bonds. The summed E-state index contributed by atoms with van der Waals surface area (Å²) in [4.78, 5) is 5.05. The molecule has 0 aliphatic heterocycles. The molecule has 0 bridgehead atoms. The number of hydrogen-bond donors (Lipinski definition) is 0. The average Bonchev–Trinajstić information content (AvgIpc) is 2.16. The first-order valence-electron chi connectivity index (χ1n) is 3.89. The Morgan fingerprint density at radius 3 is 2.19 bits per heavy atom. The second kappa shape index (κ2) is 10.0. The molecule has 85 valence electrons. The summed E-state index contributed by atoms with van der Waals surface area (Å²) in [7, 11) is 5.35. The van der Waals surface area contributed by atoms with Gasteiger partial charge in [0.2, 0.25) is 5.39 Å². The summed E-state index contributed by atoms with van der Waals surface area (Å²) in [6, 6.07) is 5.34. The van der Waals surface area contributed by atoms with Crippen molar-refractivity contribution in [3.8, 4) is 5.75 Å². The Kier molecular flexibility index (Phi) is 13.2. The molecule has 0 fully saturated rings. The third-order valence-electron chi connectivity index (χ3n) is 1.77. The summed E-state index contributed by atoms with van der Waals surface area (Å²) >= 11 is 0. The molecule has 1 aromatic rings. The van der Waals surface area contributed by atoms with Crippen LogP contribution in [0.4, 0.5) is 11.4 Å². The summed E-state index contributed by atoms with van der Waals surface area (Å²) in [6.45, 7) is 0. The van der Waals surface area contributed by atoms with Crippen molar-refractivity contribution in [3.05, 3.63) is 23.2 Å². The minimum Gasteiger partial charge on any atom is -1.00 e. The molecule has 0 spiro atoms. The largest absolute Gasteiger partial charge is 1.00 e. The number of nitrogens with zero attached hydrogens (tertiary/aromatic N) is 3. The molecule has 7 heteroatoms. The second-order valence-electron chi connectivity index (χ2n) is 2.85. The monoisotopic (exact) mass is 400 g/mol. The molecule has 16 heavy (non-hydrogen) atoms. The number of ether oxygens (including phenoxy) is 1. The van der Waals surface area contributed by atoms with E-state index in [1.165, 1.54) is 0 Å². The van der Waals surface area contributed by atoms with E-state index in [1.54, 1.807) is 13.2 Å². The Bertz CT molecular complexity index is 355. The molecule has 0 N–H and O–H groups in total. The fraction of sp³-hybridized carbons (Fsp3) is 0.333. The van der Waals surface area contributed by atoms with Crippen LogP contribution in [0.25, 0.3) is 4.98 Å². The van der Waals surface area contributed by atoms with Crippen LogP contribution in [0.5, 0.6) is 5.75 Å². The van der Waals surface area contributed by atoms with Gasteiger partial charge in [-0.2, -0.15) is 0 Å². The van der Waals surface area contributed by atoms with Crippen molar-refractivity contribution in [3.63, 3.8) is 0 Å². The molecule has 1 rings (SSSR count). The maximum Gasteiger partial charge on any atom is 1.00 e. The van der Waals surface area contributed by atoms with Crippen molar-refractivity contribution in [1.29, 1.82) is 5.39 Å². The molecule has 1 radical (unpaired) electrons. The van der Waals surface area contributed by atoms with Crippen molar-refractivity contribution >= 4 is 11.4 Å². The summed E-state index contributed by atoms with van der Waals surface area (Å²) in [5, 5.41) is 8.73. The summed E-state index contributed by atoms with van der Waals surface area (Å²) < 4.78 is 5.00. The van der Waals surface area contributed by atoms with Gasteiger partial charge in [0.15, 0.2) is 4.98 Å². The standard InChI is InChI=1S/C9H12N3O.2BrH.Zn/c1-12(2)9-5-4-7(13-3)6-8(9)11-10;;;/h4-6H,1-3H3;2*1H;/q+1;;;+1/p-2. The van der Waals surface area contributed by atoms with E-state index < -0.39 is 0 Å². The predicted molar refractivity (Wildman–Crippen MR) is 52.1 cm³/mol. The molecule has 0 saturated heterocycles. The zero-order chi connectivity index (χ0) is 9.84. The van der Waals surface area contributed by atoms with Crippen LogP contribution in [-0.4, -0.2) is 21.2 Å². The van der Waals surface area contributed by atoms with Crippen molar-refractivity contribution in [2.24, 2.45) is 0 Å². The Morgan fingerprint density at radius 2 is 1.81 bits per heavy atom. The molecule has 1 aromatic carbocycles. The maximum atomic E-state index is 8.73. The van der Waals surface area contributed by atoms with Crippen LogP contribution in [0.3, 0.4) is 0 Å². The van der Waals surface area contributed by atoms with Gasteiger partial charge in [-0.05, 0) is 12.1 Å². The van der Waals surface area contributed by atoms with Crippen LogP contribution in [0.15, 0.2) is 18.2 Å². The van der Waals surface area contributed by atoms with Gasteiger partial charge in [0.05, 0.1) is 13.2 Å². The minimum atomic E-state index is 0. The maximum absolute atomic E-state index is 8.73. The Labute approximate surface area is 129 Å². The molecular weight excluding hydrogens is 391 g/mol. The van der Waals surface area contributed by atoms with Gasteiger partial charge >= 0.3 is 25.2 Å². The van der Waals surface area contributed by atoms with Gasteiger partial charge in [-0.3, -0.25) is 0 Å². The number of hydrogen-bond acceptors (Lipinski definition) is 3. The molecule has 4 nitrogen and oxygen atoms in total. The van der Waals surface area contributed by atoms with Crippen LogP contribution >= 0.6 is 0 Å². The fourth-order valence-corrected chi connectivity index (χ4v) is 1.09. The molecule has 0 saturated carbocycles. The first kappa shape index (κ1) is 21.1. The van der Waals surface area contributed by atoms with Crippen LogP contribution in [0.1, 0.15) is 0 Å². The van der Waals surface area contributed by atoms with Gasteiger partial charge in [0.1, 0.15) is 11.4 Å². The van der Waals surface area contributed by atoms with Gasteiger partial charge in [-0.1, -0.05) is 0 Å². The Hall–Kier alpha value is -0.177. The number of anilines is 1. The van der Waals surface area contributed by atoms with E-state index in [0.717, 1.165) is 5.69 Å². The molecule has 0 aromatic heterocycles. The van der Waals surface area contributed by atoms with Crippen molar-refractivity contribution in [1.82, 2.24) is 0 Å². The van der Waals surface area contributed by atoms with Crippen molar-refractivity contribution < 1.29 is 58.2 Å². The molecule has 0 aliphatic carbocycles. The van der Waals surface area contributed by atoms with E-state index in [1.807, 2.05) is 31.1 Å². The summed E-state index contributed by atoms with van der Waals surface area (Å²) in [5.74, 6) is 0.679. The van der Waals surface area contributed by atoms with Crippen molar-refractivity contribution in [2.75, 3.05) is 26.1 Å². The normalized spacial score (nSPS) is 7.38. The third-order valence-corrected chi connectivity index (χ3v) is 1.77. The van der Waals surface area contributed by atoms with Crippen molar-refractivity contribution in [2.45, 2.75) is 0 Å². The molecule has 0 atom stereocenters. The fourth-order valence-electron chi connectivity index (χ4n) is 1.09. The van der Waals surface area contributed by atoms with E-state index in [2.05, 4.69) is 4.98 Å². The first-order chi connectivity index (χ1) is 6.19. The molecule has 0 aliphatic rings. The van der Waals surface area contributed by atoms with Gasteiger partial charge in [-0.15, -0.1) is 0 Å². The van der Waals surface area contributed by atoms with Gasteiger partial charge in [-0.25, -0.2) is 0 Å². The molecular formula is C9H12Br2N3OZn. The van der Waals surface area contributed by atoms with Gasteiger partial charge in [0, 0.05) is 14.1 Å². The molecule has 0 heterocycles. The van der Waals surface area contributed by atoms with Crippen LogP contribution in [-0.2, 0) is 19.5 Å². The molecule has 0 unspecified atom stereocenters. The summed E-state index contributed by atoms with van der Waals surface area (Å²) in [6.07, 6.45) is 0. The zero-order valence-corrected chi connectivity index (χ0v) is 15.6. The number of methoxy groups -OCH3 is 1. The Balaban J connectivity index is -0.000000563. The van der Waals surface area contributed by atoms with E-state index in [4.69, 9.17) is 10.1 Å². The minimum absolute atomic E-state index is 0. The van der Waals surface area contributed by atoms with Crippen LogP contribution in [0, 0.1) is 5.39 Å². The number of rotatable bonds is 2. The quantitative estimate of drug-likeness (QED) is 0.377. The topological polar surface area (TPSA) is 40.6 Å². The number of benzene rings is 1. The number of diazo groups is 1. The SMILES string of the molecule is COc1ccc(N(C)C)c([N+]#N)c1.[Br-].[Br-].[Zn+]. The van der Waals surface area contributed by atoms with E-state index in [-0.39, 0.29) is 53.4 Å². The first-order valence-corrected chi connectivity index (χ1v) is 3.89.